The number of nitrogens with one attached hydrogen (secondary N) is 2. The number of benzene rings is 3. The minimum atomic E-state index is -1.75. The molecule has 0 saturated carbocycles. The van der Waals surface area contributed by atoms with Gasteiger partial charge in [-0.25, -0.2) is 9.97 Å². The molecule has 0 radical (unpaired) electrons. The largest absolute Gasteiger partial charge is 2.00 e. The zero-order valence-electron chi connectivity index (χ0n) is 23.7. The zero-order valence-corrected chi connectivity index (χ0v) is 24.7. The van der Waals surface area contributed by atoms with Crippen molar-refractivity contribution in [1.29, 1.82) is 0 Å². The molecular weight excluding hydrogens is 609 g/mol. The summed E-state index contributed by atoms with van der Waals surface area (Å²) in [6, 6.07) is 36.8. The molecule has 3 aromatic carbocycles. The SMILES string of the molecule is COc1cccc(C=O)c1[O-].O=[N+]([O-])[O-].[Ni+2].c1ccc(CNc2ccccn2)cc1.c1ccc(CNc2ccccn2)cc1. The fourth-order valence-corrected chi connectivity index (χ4v) is 3.30. The second-order valence-electron chi connectivity index (χ2n) is 8.33. The molecule has 0 unspecified atom stereocenters. The summed E-state index contributed by atoms with van der Waals surface area (Å²) in [5.74, 6) is 1.67. The van der Waals surface area contributed by atoms with Gasteiger partial charge in [0, 0.05) is 31.0 Å². The third-order valence-electron chi connectivity index (χ3n) is 5.32. The van der Waals surface area contributed by atoms with Crippen molar-refractivity contribution in [1.82, 2.24) is 9.97 Å². The van der Waals surface area contributed by atoms with Crippen LogP contribution < -0.4 is 20.5 Å². The Bertz CT molecular complexity index is 1310. The molecule has 0 aliphatic carbocycles. The van der Waals surface area contributed by atoms with Crippen molar-refractivity contribution in [3.05, 3.63) is 160 Å². The van der Waals surface area contributed by atoms with Gasteiger partial charge in [0.15, 0.2) is 0 Å². The Balaban J connectivity index is 0.000000310. The van der Waals surface area contributed by atoms with E-state index < -0.39 is 5.09 Å². The van der Waals surface area contributed by atoms with E-state index in [2.05, 4.69) is 44.9 Å². The molecule has 2 heterocycles. The molecule has 0 atom stereocenters. The first kappa shape index (κ1) is 36.5. The number of para-hydroxylation sites is 1. The third kappa shape index (κ3) is 15.5. The van der Waals surface area contributed by atoms with E-state index in [1.165, 1.54) is 30.4 Å². The normalized spacial score (nSPS) is 9.02. The van der Waals surface area contributed by atoms with Crippen LogP contribution in [0.2, 0.25) is 0 Å². The third-order valence-corrected chi connectivity index (χ3v) is 5.32. The average molecular weight is 640 g/mol. The molecule has 5 aromatic rings. The van der Waals surface area contributed by atoms with Gasteiger partial charge in [-0.2, -0.15) is 0 Å². The van der Waals surface area contributed by atoms with Crippen LogP contribution in [0.25, 0.3) is 0 Å². The van der Waals surface area contributed by atoms with Gasteiger partial charge < -0.3 is 35.8 Å². The summed E-state index contributed by atoms with van der Waals surface area (Å²) < 4.78 is 4.72. The number of carbonyl (C=O) groups excluding carboxylic acids is 1. The molecule has 0 spiro atoms. The Morgan fingerprint density at radius 3 is 1.50 bits per heavy atom. The van der Waals surface area contributed by atoms with E-state index in [0.717, 1.165) is 24.7 Å². The summed E-state index contributed by atoms with van der Waals surface area (Å²) in [5.41, 5.74) is 2.65. The van der Waals surface area contributed by atoms with E-state index in [0.29, 0.717) is 6.29 Å². The van der Waals surface area contributed by atoms with Gasteiger partial charge in [0.05, 0.1) is 12.2 Å². The number of pyridine rings is 2. The standard InChI is InChI=1S/2C12H12N2.C8H8O3.NO3.Ni/c2*1-2-6-11(7-3-1)10-14-12-8-4-5-9-13-12;1-11-7-4-2-3-6(5-9)8(7)10;2-1(3)4;/h2*1-9H,10H2,(H,13,14);2-5,10H,1H3;;/q;;;-1;+2/p-1. The van der Waals surface area contributed by atoms with E-state index >= 15 is 0 Å². The van der Waals surface area contributed by atoms with Gasteiger partial charge in [0.2, 0.25) is 0 Å². The second kappa shape index (κ2) is 22.2. The maximum absolute atomic E-state index is 11.1. The maximum atomic E-state index is 11.1. The van der Waals surface area contributed by atoms with Crippen LogP contribution in [0.15, 0.2) is 128 Å². The number of nitrogens with zero attached hydrogens (tertiary/aromatic N) is 3. The Hall–Kier alpha value is -5.48. The maximum Gasteiger partial charge on any atom is 2.00 e. The van der Waals surface area contributed by atoms with Crippen molar-refractivity contribution in [2.24, 2.45) is 0 Å². The molecule has 0 fully saturated rings. The number of carbonyl (C=O) groups is 1. The molecule has 0 aliphatic rings. The quantitative estimate of drug-likeness (QED) is 0.0927. The van der Waals surface area contributed by atoms with Gasteiger partial charge in [-0.3, -0.25) is 4.79 Å². The van der Waals surface area contributed by atoms with Gasteiger partial charge >= 0.3 is 16.5 Å². The van der Waals surface area contributed by atoms with Crippen molar-refractivity contribution in [3.8, 4) is 11.5 Å². The average Bonchev–Trinajstić information content (AvgIpc) is 3.05. The van der Waals surface area contributed by atoms with E-state index in [9.17, 15) is 9.90 Å². The molecule has 2 aromatic heterocycles. The molecule has 0 amide bonds. The van der Waals surface area contributed by atoms with Crippen molar-refractivity contribution < 1.29 is 36.2 Å². The van der Waals surface area contributed by atoms with Crippen LogP contribution >= 0.6 is 0 Å². The van der Waals surface area contributed by atoms with Crippen LogP contribution in [-0.2, 0) is 29.6 Å². The van der Waals surface area contributed by atoms with Crippen LogP contribution in [0.4, 0.5) is 11.6 Å². The molecule has 0 aliphatic heterocycles. The summed E-state index contributed by atoms with van der Waals surface area (Å²) in [4.78, 5) is 26.9. The molecular formula is C32H31N5NiO6. The number of anilines is 2. The van der Waals surface area contributed by atoms with Crippen LogP contribution in [0.3, 0.4) is 0 Å². The van der Waals surface area contributed by atoms with Crippen LogP contribution in [0.5, 0.6) is 11.5 Å². The minimum Gasteiger partial charge on any atom is -0.869 e. The molecule has 230 valence electrons. The van der Waals surface area contributed by atoms with Crippen molar-refractivity contribution >= 4 is 17.9 Å². The first-order valence-corrected chi connectivity index (χ1v) is 12.9. The summed E-state index contributed by atoms with van der Waals surface area (Å²) in [6.45, 7) is 1.63. The van der Waals surface area contributed by atoms with Gasteiger partial charge in [-0.1, -0.05) is 90.7 Å². The smallest absolute Gasteiger partial charge is 0.869 e. The number of hydrogen-bond acceptors (Lipinski definition) is 10. The van der Waals surface area contributed by atoms with Gasteiger partial charge in [0.1, 0.15) is 23.7 Å². The van der Waals surface area contributed by atoms with E-state index in [-0.39, 0.29) is 33.6 Å². The molecule has 44 heavy (non-hydrogen) atoms. The van der Waals surface area contributed by atoms with Crippen LogP contribution in [0, 0.1) is 15.3 Å². The van der Waals surface area contributed by atoms with Crippen molar-refractivity contribution in [2.45, 2.75) is 13.1 Å². The zero-order chi connectivity index (χ0) is 31.1. The first-order valence-electron chi connectivity index (χ1n) is 12.9. The summed E-state index contributed by atoms with van der Waals surface area (Å²) in [6.07, 6.45) is 4.09. The molecule has 0 saturated heterocycles. The molecule has 11 nitrogen and oxygen atoms in total. The number of ether oxygens (including phenoxy) is 1. The summed E-state index contributed by atoms with van der Waals surface area (Å²) in [7, 11) is 1.39. The Morgan fingerprint density at radius 2 is 1.14 bits per heavy atom. The second-order valence-corrected chi connectivity index (χ2v) is 8.33. The number of aldehydes is 1. The fourth-order valence-electron chi connectivity index (χ4n) is 3.30. The van der Waals surface area contributed by atoms with Gasteiger partial charge in [0.25, 0.3) is 0 Å². The first-order chi connectivity index (χ1) is 20.9. The predicted molar refractivity (Wildman–Crippen MR) is 164 cm³/mol. The van der Waals surface area contributed by atoms with Gasteiger partial charge in [-0.05, 0) is 41.5 Å². The molecule has 2 N–H and O–H groups in total. The summed E-state index contributed by atoms with van der Waals surface area (Å²) in [5, 5.41) is 32.3. The predicted octanol–water partition coefficient (Wildman–Crippen LogP) is 5.73. The Morgan fingerprint density at radius 1 is 0.705 bits per heavy atom. The fraction of sp³-hybridized carbons (Fsp3) is 0.0938. The van der Waals surface area contributed by atoms with E-state index in [4.69, 9.17) is 20.1 Å². The molecule has 0 bridgehead atoms. The van der Waals surface area contributed by atoms with Crippen molar-refractivity contribution in [3.63, 3.8) is 0 Å². The Labute approximate surface area is 265 Å². The van der Waals surface area contributed by atoms with Gasteiger partial charge in [-0.15, -0.1) is 0 Å². The number of rotatable bonds is 8. The molecule has 12 heteroatoms. The van der Waals surface area contributed by atoms with Crippen LogP contribution in [-0.4, -0.2) is 28.5 Å². The number of aromatic nitrogens is 2. The monoisotopic (exact) mass is 639 g/mol. The number of methoxy groups -OCH3 is 1. The molecule has 5 rings (SSSR count). The topological polar surface area (TPSA) is 165 Å². The van der Waals surface area contributed by atoms with E-state index in [1.54, 1.807) is 18.5 Å². The van der Waals surface area contributed by atoms with Crippen LogP contribution in [0.1, 0.15) is 21.5 Å². The van der Waals surface area contributed by atoms with Crippen molar-refractivity contribution in [2.75, 3.05) is 17.7 Å². The Kier molecular flexibility index (Phi) is 18.4. The number of hydrogen-bond donors (Lipinski definition) is 2. The summed E-state index contributed by atoms with van der Waals surface area (Å²) >= 11 is 0. The van der Waals surface area contributed by atoms with E-state index in [1.807, 2.05) is 72.8 Å². The minimum absolute atomic E-state index is 0.